The van der Waals surface area contributed by atoms with E-state index in [0.717, 1.165) is 11.3 Å². The van der Waals surface area contributed by atoms with Gasteiger partial charge in [-0.1, -0.05) is 30.3 Å². The maximum atomic E-state index is 12.4. The number of ether oxygens (including phenoxy) is 1. The molecular weight excluding hydrogens is 260 g/mol. The van der Waals surface area contributed by atoms with Crippen LogP contribution >= 0.6 is 0 Å². The van der Waals surface area contributed by atoms with Crippen molar-refractivity contribution in [1.82, 2.24) is 0 Å². The van der Waals surface area contributed by atoms with Gasteiger partial charge in [0.1, 0.15) is 5.75 Å². The number of aryl methyl sites for hydroxylation is 1. The van der Waals surface area contributed by atoms with Crippen molar-refractivity contribution in [2.24, 2.45) is 0 Å². The molecule has 1 N–H and O–H groups in total. The highest BCUT2D eigenvalue weighted by molar-refractivity contribution is 5.49. The molecule has 4 heteroatoms. The first-order chi connectivity index (χ1) is 9.56. The van der Waals surface area contributed by atoms with E-state index in [9.17, 15) is 8.78 Å². The van der Waals surface area contributed by atoms with Crippen molar-refractivity contribution in [3.05, 3.63) is 59.7 Å². The molecule has 0 aliphatic heterocycles. The van der Waals surface area contributed by atoms with Gasteiger partial charge in [0.2, 0.25) is 0 Å². The van der Waals surface area contributed by atoms with Gasteiger partial charge in [0.25, 0.3) is 0 Å². The number of rotatable bonds is 5. The first kappa shape index (κ1) is 14.3. The summed E-state index contributed by atoms with van der Waals surface area (Å²) in [6.07, 6.45) is 0. The van der Waals surface area contributed by atoms with E-state index in [1.807, 2.05) is 44.2 Å². The Morgan fingerprint density at radius 3 is 2.50 bits per heavy atom. The fourth-order valence-corrected chi connectivity index (χ4v) is 2.10. The average molecular weight is 277 g/mol. The quantitative estimate of drug-likeness (QED) is 0.850. The molecule has 0 aliphatic rings. The van der Waals surface area contributed by atoms with E-state index in [1.54, 1.807) is 18.2 Å². The third-order valence-electron chi connectivity index (χ3n) is 3.00. The summed E-state index contributed by atoms with van der Waals surface area (Å²) in [6.45, 7) is 1.10. The Morgan fingerprint density at radius 1 is 1.05 bits per heavy atom. The van der Waals surface area contributed by atoms with Gasteiger partial charge in [-0.3, -0.25) is 0 Å². The third kappa shape index (κ3) is 3.70. The van der Waals surface area contributed by atoms with Crippen LogP contribution in [0.1, 0.15) is 24.1 Å². The lowest BCUT2D eigenvalue weighted by molar-refractivity contribution is -0.0505. The summed E-state index contributed by atoms with van der Waals surface area (Å²) in [7, 11) is 0. The van der Waals surface area contributed by atoms with Crippen molar-refractivity contribution < 1.29 is 13.5 Å². The Bertz CT molecular complexity index is 572. The number of para-hydroxylation sites is 1. The lowest BCUT2D eigenvalue weighted by atomic mass is 10.1. The van der Waals surface area contributed by atoms with E-state index in [4.69, 9.17) is 0 Å². The molecule has 0 radical (unpaired) electrons. The molecule has 1 atom stereocenters. The second-order valence-corrected chi connectivity index (χ2v) is 4.65. The van der Waals surface area contributed by atoms with E-state index in [2.05, 4.69) is 10.1 Å². The van der Waals surface area contributed by atoms with Crippen LogP contribution in [0, 0.1) is 6.92 Å². The van der Waals surface area contributed by atoms with Crippen LogP contribution in [0.15, 0.2) is 48.5 Å². The van der Waals surface area contributed by atoms with Crippen LogP contribution in [0.2, 0.25) is 0 Å². The van der Waals surface area contributed by atoms with Crippen LogP contribution in [-0.2, 0) is 0 Å². The van der Waals surface area contributed by atoms with Crippen molar-refractivity contribution in [1.29, 1.82) is 0 Å². The summed E-state index contributed by atoms with van der Waals surface area (Å²) in [5, 5.41) is 3.29. The van der Waals surface area contributed by atoms with Gasteiger partial charge in [-0.15, -0.1) is 0 Å². The van der Waals surface area contributed by atoms with E-state index in [0.29, 0.717) is 5.56 Å². The molecule has 0 aliphatic carbocycles. The number of benzene rings is 2. The van der Waals surface area contributed by atoms with E-state index >= 15 is 0 Å². The van der Waals surface area contributed by atoms with Crippen molar-refractivity contribution in [2.75, 3.05) is 5.32 Å². The Morgan fingerprint density at radius 2 is 1.80 bits per heavy atom. The van der Waals surface area contributed by atoms with Crippen molar-refractivity contribution >= 4 is 5.69 Å². The Balaban J connectivity index is 2.18. The standard InChI is InChI=1S/C16H17F2NO/c1-11-6-5-7-13(10-11)19-12(2)14-8-3-4-9-15(14)20-16(17)18/h3-10,12,16,19H,1-2H3. The summed E-state index contributed by atoms with van der Waals surface area (Å²) in [4.78, 5) is 0. The van der Waals surface area contributed by atoms with E-state index < -0.39 is 6.61 Å². The minimum absolute atomic E-state index is 0.133. The van der Waals surface area contributed by atoms with Crippen molar-refractivity contribution in [3.63, 3.8) is 0 Å². The van der Waals surface area contributed by atoms with Gasteiger partial charge in [-0.2, -0.15) is 8.78 Å². The summed E-state index contributed by atoms with van der Waals surface area (Å²) in [5.41, 5.74) is 2.79. The largest absolute Gasteiger partial charge is 0.434 e. The van der Waals surface area contributed by atoms with Crippen molar-refractivity contribution in [3.8, 4) is 5.75 Å². The van der Waals surface area contributed by atoms with Crippen LogP contribution in [0.25, 0.3) is 0 Å². The van der Waals surface area contributed by atoms with E-state index in [1.165, 1.54) is 0 Å². The second kappa shape index (κ2) is 6.37. The molecule has 20 heavy (non-hydrogen) atoms. The predicted octanol–water partition coefficient (Wildman–Crippen LogP) is 4.77. The summed E-state index contributed by atoms with van der Waals surface area (Å²) in [6, 6.07) is 14.6. The molecule has 0 saturated carbocycles. The van der Waals surface area contributed by atoms with Crippen LogP contribution in [0.5, 0.6) is 5.75 Å². The third-order valence-corrected chi connectivity index (χ3v) is 3.00. The topological polar surface area (TPSA) is 21.3 Å². The van der Waals surface area contributed by atoms with Gasteiger partial charge in [0.05, 0.1) is 6.04 Å². The van der Waals surface area contributed by atoms with Crippen LogP contribution in [0.4, 0.5) is 14.5 Å². The predicted molar refractivity (Wildman–Crippen MR) is 76.3 cm³/mol. The molecule has 106 valence electrons. The minimum Gasteiger partial charge on any atom is -0.434 e. The molecule has 2 rings (SSSR count). The van der Waals surface area contributed by atoms with Gasteiger partial charge >= 0.3 is 6.61 Å². The summed E-state index contributed by atoms with van der Waals surface area (Å²) >= 11 is 0. The molecule has 0 heterocycles. The maximum absolute atomic E-state index is 12.4. The SMILES string of the molecule is Cc1cccc(NC(C)c2ccccc2OC(F)F)c1. The van der Waals surface area contributed by atoms with Gasteiger partial charge in [0, 0.05) is 11.3 Å². The summed E-state index contributed by atoms with van der Waals surface area (Å²) in [5.74, 6) is 0.204. The maximum Gasteiger partial charge on any atom is 0.387 e. The monoisotopic (exact) mass is 277 g/mol. The van der Waals surface area contributed by atoms with Gasteiger partial charge in [-0.05, 0) is 37.6 Å². The smallest absolute Gasteiger partial charge is 0.387 e. The Hall–Kier alpha value is -2.10. The number of halogens is 2. The first-order valence-corrected chi connectivity index (χ1v) is 6.43. The normalized spacial score (nSPS) is 12.2. The highest BCUT2D eigenvalue weighted by atomic mass is 19.3. The molecule has 2 aromatic rings. The molecule has 1 unspecified atom stereocenters. The van der Waals surface area contributed by atoms with Crippen molar-refractivity contribution in [2.45, 2.75) is 26.5 Å². The average Bonchev–Trinajstić information content (AvgIpc) is 2.38. The second-order valence-electron chi connectivity index (χ2n) is 4.65. The van der Waals surface area contributed by atoms with Gasteiger partial charge in [-0.25, -0.2) is 0 Å². The lowest BCUT2D eigenvalue weighted by Gasteiger charge is -2.19. The number of hydrogen-bond donors (Lipinski definition) is 1. The van der Waals surface area contributed by atoms with Crippen LogP contribution in [0.3, 0.4) is 0 Å². The molecule has 0 aromatic heterocycles. The molecule has 2 nitrogen and oxygen atoms in total. The minimum atomic E-state index is -2.82. The Labute approximate surface area is 117 Å². The molecule has 0 saturated heterocycles. The molecule has 0 amide bonds. The fourth-order valence-electron chi connectivity index (χ4n) is 2.10. The van der Waals surface area contributed by atoms with Gasteiger partial charge < -0.3 is 10.1 Å². The number of anilines is 1. The molecule has 2 aromatic carbocycles. The van der Waals surface area contributed by atoms with Crippen LogP contribution < -0.4 is 10.1 Å². The van der Waals surface area contributed by atoms with E-state index in [-0.39, 0.29) is 11.8 Å². The molecule has 0 bridgehead atoms. The lowest BCUT2D eigenvalue weighted by Crippen LogP contribution is -2.11. The fraction of sp³-hybridized carbons (Fsp3) is 0.250. The molecular formula is C16H17F2NO. The zero-order valence-corrected chi connectivity index (χ0v) is 11.4. The Kier molecular flexibility index (Phi) is 4.56. The van der Waals surface area contributed by atoms with Gasteiger partial charge in [0.15, 0.2) is 0 Å². The highest BCUT2D eigenvalue weighted by Crippen LogP contribution is 2.28. The number of hydrogen-bond acceptors (Lipinski definition) is 2. The number of alkyl halides is 2. The zero-order valence-electron chi connectivity index (χ0n) is 11.4. The first-order valence-electron chi connectivity index (χ1n) is 6.43. The van der Waals surface area contributed by atoms with Crippen LogP contribution in [-0.4, -0.2) is 6.61 Å². The highest BCUT2D eigenvalue weighted by Gasteiger charge is 2.14. The number of nitrogens with one attached hydrogen (secondary N) is 1. The summed E-state index contributed by atoms with van der Waals surface area (Å²) < 4.78 is 29.4. The molecule has 0 fully saturated rings. The molecule has 0 spiro atoms. The zero-order chi connectivity index (χ0) is 14.5.